The summed E-state index contributed by atoms with van der Waals surface area (Å²) in [4.78, 5) is 33.6. The Balaban J connectivity index is 1.26. The molecule has 8 heteroatoms. The summed E-state index contributed by atoms with van der Waals surface area (Å²) in [7, 11) is 0. The molecule has 31 heavy (non-hydrogen) atoms. The highest BCUT2D eigenvalue weighted by molar-refractivity contribution is 7.09. The van der Waals surface area contributed by atoms with Gasteiger partial charge in [-0.25, -0.2) is 4.98 Å². The molecule has 0 aliphatic carbocycles. The first-order valence-electron chi connectivity index (χ1n) is 10.4. The highest BCUT2D eigenvalue weighted by Crippen LogP contribution is 2.17. The van der Waals surface area contributed by atoms with Crippen LogP contribution in [0.15, 0.2) is 40.2 Å². The minimum Gasteiger partial charge on any atom is -0.361 e. The Kier molecular flexibility index (Phi) is 6.46. The second-order valence-corrected chi connectivity index (χ2v) is 8.76. The summed E-state index contributed by atoms with van der Waals surface area (Å²) in [6.07, 6.45) is 1.38. The smallest absolute Gasteiger partial charge is 0.228 e. The molecule has 162 valence electrons. The van der Waals surface area contributed by atoms with E-state index in [0.717, 1.165) is 28.4 Å². The van der Waals surface area contributed by atoms with E-state index in [-0.39, 0.29) is 18.2 Å². The third-order valence-corrected chi connectivity index (χ3v) is 6.52. The van der Waals surface area contributed by atoms with Crippen LogP contribution in [0.1, 0.15) is 33.3 Å². The van der Waals surface area contributed by atoms with Crippen molar-refractivity contribution in [3.63, 3.8) is 0 Å². The van der Waals surface area contributed by atoms with Crippen molar-refractivity contribution < 1.29 is 14.1 Å². The molecule has 0 atom stereocenters. The van der Waals surface area contributed by atoms with Gasteiger partial charge >= 0.3 is 0 Å². The predicted octanol–water partition coefficient (Wildman–Crippen LogP) is 2.79. The van der Waals surface area contributed by atoms with Gasteiger partial charge in [0, 0.05) is 43.5 Å². The summed E-state index contributed by atoms with van der Waals surface area (Å²) in [5, 5.41) is 6.90. The Hall–Kier alpha value is -3.00. The number of aryl methyl sites for hydroxylation is 2. The van der Waals surface area contributed by atoms with Crippen molar-refractivity contribution in [1.29, 1.82) is 0 Å². The van der Waals surface area contributed by atoms with E-state index < -0.39 is 0 Å². The van der Waals surface area contributed by atoms with Gasteiger partial charge in [-0.1, -0.05) is 35.5 Å². The van der Waals surface area contributed by atoms with Gasteiger partial charge in [0.05, 0.1) is 29.2 Å². The second kappa shape index (κ2) is 9.43. The Morgan fingerprint density at radius 1 is 1.00 bits per heavy atom. The van der Waals surface area contributed by atoms with Gasteiger partial charge in [0.25, 0.3) is 0 Å². The maximum absolute atomic E-state index is 12.7. The van der Waals surface area contributed by atoms with E-state index in [1.54, 1.807) is 11.3 Å². The molecule has 2 aromatic heterocycles. The van der Waals surface area contributed by atoms with Crippen LogP contribution in [0.3, 0.4) is 0 Å². The van der Waals surface area contributed by atoms with Crippen LogP contribution in [0.4, 0.5) is 0 Å². The molecule has 0 saturated carbocycles. The SMILES string of the molecule is Cc1noc(C)c1CC(=O)N1CCN(C(=O)Cc2csc(Cc3ccccc3)n2)CC1. The number of rotatable bonds is 6. The minimum absolute atomic E-state index is 0.0477. The standard InChI is InChI=1S/C23H26N4O3S/c1-16-20(17(2)30-25-16)14-23(29)27-10-8-26(9-11-27)22(28)13-19-15-31-21(24-19)12-18-6-4-3-5-7-18/h3-7,15H,8-14H2,1-2H3. The third-order valence-electron chi connectivity index (χ3n) is 5.62. The summed E-state index contributed by atoms with van der Waals surface area (Å²) < 4.78 is 5.14. The van der Waals surface area contributed by atoms with Gasteiger partial charge in [0.1, 0.15) is 5.76 Å². The first-order valence-corrected chi connectivity index (χ1v) is 11.3. The van der Waals surface area contributed by atoms with E-state index in [9.17, 15) is 9.59 Å². The molecule has 0 radical (unpaired) electrons. The van der Waals surface area contributed by atoms with E-state index in [1.807, 2.05) is 47.2 Å². The summed E-state index contributed by atoms with van der Waals surface area (Å²) in [5.41, 5.74) is 3.65. The van der Waals surface area contributed by atoms with Crippen LogP contribution in [0.25, 0.3) is 0 Å². The van der Waals surface area contributed by atoms with Gasteiger partial charge in [-0.2, -0.15) is 0 Å². The predicted molar refractivity (Wildman–Crippen MR) is 118 cm³/mol. The monoisotopic (exact) mass is 438 g/mol. The van der Waals surface area contributed by atoms with E-state index in [4.69, 9.17) is 4.52 Å². The molecular weight excluding hydrogens is 412 g/mol. The molecule has 1 saturated heterocycles. The molecule has 3 heterocycles. The van der Waals surface area contributed by atoms with Crippen molar-refractivity contribution in [3.8, 4) is 0 Å². The largest absolute Gasteiger partial charge is 0.361 e. The number of amides is 2. The molecule has 3 aromatic rings. The van der Waals surface area contributed by atoms with E-state index in [1.165, 1.54) is 5.56 Å². The van der Waals surface area contributed by atoms with Gasteiger partial charge in [0.15, 0.2) is 0 Å². The topological polar surface area (TPSA) is 79.5 Å². The van der Waals surface area contributed by atoms with Crippen molar-refractivity contribution in [2.45, 2.75) is 33.1 Å². The molecule has 1 aliphatic rings. The molecule has 7 nitrogen and oxygen atoms in total. The lowest BCUT2D eigenvalue weighted by Gasteiger charge is -2.34. The molecule has 1 fully saturated rings. The Morgan fingerprint density at radius 2 is 1.65 bits per heavy atom. The van der Waals surface area contributed by atoms with Crippen molar-refractivity contribution in [3.05, 3.63) is 69.0 Å². The lowest BCUT2D eigenvalue weighted by molar-refractivity contribution is -0.138. The number of carbonyl (C=O) groups excluding carboxylic acids is 2. The molecule has 2 amide bonds. The third kappa shape index (κ3) is 5.19. The van der Waals surface area contributed by atoms with E-state index in [0.29, 0.717) is 38.4 Å². The fourth-order valence-electron chi connectivity index (χ4n) is 3.77. The number of carbonyl (C=O) groups is 2. The highest BCUT2D eigenvalue weighted by Gasteiger charge is 2.26. The van der Waals surface area contributed by atoms with Crippen molar-refractivity contribution in [2.75, 3.05) is 26.2 Å². The maximum Gasteiger partial charge on any atom is 0.228 e. The highest BCUT2D eigenvalue weighted by atomic mass is 32.1. The molecule has 1 aliphatic heterocycles. The zero-order valence-corrected chi connectivity index (χ0v) is 18.7. The van der Waals surface area contributed by atoms with Crippen molar-refractivity contribution in [1.82, 2.24) is 19.9 Å². The summed E-state index contributed by atoms with van der Waals surface area (Å²) in [6.45, 7) is 5.86. The Morgan fingerprint density at radius 3 is 2.26 bits per heavy atom. The molecule has 0 N–H and O–H groups in total. The molecule has 0 unspecified atom stereocenters. The molecule has 4 rings (SSSR count). The zero-order valence-electron chi connectivity index (χ0n) is 17.8. The molecule has 1 aromatic carbocycles. The lowest BCUT2D eigenvalue weighted by atomic mass is 10.1. The van der Waals surface area contributed by atoms with Crippen molar-refractivity contribution in [2.24, 2.45) is 0 Å². The number of aromatic nitrogens is 2. The fourth-order valence-corrected chi connectivity index (χ4v) is 4.60. The van der Waals surface area contributed by atoms with Crippen LogP contribution in [0.2, 0.25) is 0 Å². The summed E-state index contributed by atoms with van der Waals surface area (Å²) in [6, 6.07) is 10.2. The summed E-state index contributed by atoms with van der Waals surface area (Å²) in [5.74, 6) is 0.801. The first-order chi connectivity index (χ1) is 15.0. The summed E-state index contributed by atoms with van der Waals surface area (Å²) >= 11 is 1.59. The van der Waals surface area contributed by atoms with Crippen LogP contribution in [0, 0.1) is 13.8 Å². The van der Waals surface area contributed by atoms with E-state index >= 15 is 0 Å². The normalized spacial score (nSPS) is 14.1. The number of thiazole rings is 1. The number of nitrogens with zero attached hydrogens (tertiary/aromatic N) is 4. The second-order valence-electron chi connectivity index (χ2n) is 7.81. The fraction of sp³-hybridized carbons (Fsp3) is 0.391. The average Bonchev–Trinajstić information content (AvgIpc) is 3.35. The van der Waals surface area contributed by atoms with Crippen molar-refractivity contribution >= 4 is 23.2 Å². The minimum atomic E-state index is 0.0477. The Bertz CT molecular complexity index is 1030. The maximum atomic E-state index is 12.7. The average molecular weight is 439 g/mol. The van der Waals surface area contributed by atoms with Gasteiger partial charge in [-0.05, 0) is 19.4 Å². The van der Waals surface area contributed by atoms with Gasteiger partial charge in [-0.15, -0.1) is 11.3 Å². The van der Waals surface area contributed by atoms with Gasteiger partial charge in [0.2, 0.25) is 11.8 Å². The van der Waals surface area contributed by atoms with E-state index in [2.05, 4.69) is 22.3 Å². The number of benzene rings is 1. The number of piperazine rings is 1. The van der Waals surface area contributed by atoms with Crippen LogP contribution in [-0.2, 0) is 28.9 Å². The van der Waals surface area contributed by atoms with Gasteiger partial charge in [-0.3, -0.25) is 9.59 Å². The zero-order chi connectivity index (χ0) is 21.8. The first kappa shape index (κ1) is 21.2. The quantitative estimate of drug-likeness (QED) is 0.591. The number of hydrogen-bond acceptors (Lipinski definition) is 6. The molecular formula is C23H26N4O3S. The molecule has 0 spiro atoms. The number of hydrogen-bond donors (Lipinski definition) is 0. The lowest BCUT2D eigenvalue weighted by Crippen LogP contribution is -2.51. The van der Waals surface area contributed by atoms with Crippen LogP contribution < -0.4 is 0 Å². The molecule has 0 bridgehead atoms. The van der Waals surface area contributed by atoms with Crippen LogP contribution >= 0.6 is 11.3 Å². The van der Waals surface area contributed by atoms with Crippen LogP contribution in [0.5, 0.6) is 0 Å². The van der Waals surface area contributed by atoms with Crippen LogP contribution in [-0.4, -0.2) is 57.9 Å². The Labute approximate surface area is 185 Å². The van der Waals surface area contributed by atoms with Gasteiger partial charge < -0.3 is 14.3 Å².